The Kier molecular flexibility index (Phi) is 4.84. The van der Waals surface area contributed by atoms with Crippen LogP contribution >= 0.6 is 0 Å². The second-order valence-electron chi connectivity index (χ2n) is 5.02. The number of aliphatic carboxylic acids is 2. The second kappa shape index (κ2) is 6.83. The predicted molar refractivity (Wildman–Crippen MR) is 82.9 cm³/mol. The molecule has 1 aromatic carbocycles. The molecule has 8 heteroatoms. The van der Waals surface area contributed by atoms with Crippen LogP contribution in [0.1, 0.15) is 24.0 Å². The van der Waals surface area contributed by atoms with Gasteiger partial charge in [0.1, 0.15) is 11.7 Å². The number of aliphatic imine (C=N–C) groups is 1. The number of carboxylic acids is 2. The SMILES string of the molecule is CCOC1=NC(N)=C(C(=O)O)C(c2cccc(C#N)c2)C1C(=O)O. The van der Waals surface area contributed by atoms with E-state index in [9.17, 15) is 19.8 Å². The van der Waals surface area contributed by atoms with Crippen LogP contribution in [0.15, 0.2) is 40.7 Å². The van der Waals surface area contributed by atoms with Gasteiger partial charge in [-0.15, -0.1) is 0 Å². The number of nitrogens with zero attached hydrogens (tertiary/aromatic N) is 2. The number of rotatable bonds is 4. The highest BCUT2D eigenvalue weighted by Gasteiger charge is 2.44. The van der Waals surface area contributed by atoms with Gasteiger partial charge in [-0.25, -0.2) is 4.79 Å². The van der Waals surface area contributed by atoms with Crippen molar-refractivity contribution in [2.24, 2.45) is 16.6 Å². The second-order valence-corrected chi connectivity index (χ2v) is 5.02. The lowest BCUT2D eigenvalue weighted by molar-refractivity contribution is -0.140. The number of carboxylic acid groups (broad SMARTS) is 2. The average Bonchev–Trinajstić information content (AvgIpc) is 2.53. The highest BCUT2D eigenvalue weighted by molar-refractivity contribution is 6.03. The lowest BCUT2D eigenvalue weighted by Crippen LogP contribution is -2.38. The lowest BCUT2D eigenvalue weighted by atomic mass is 9.78. The van der Waals surface area contributed by atoms with E-state index in [0.29, 0.717) is 5.56 Å². The predicted octanol–water partition coefficient (Wildman–Crippen LogP) is 1.05. The molecule has 2 rings (SSSR count). The van der Waals surface area contributed by atoms with Gasteiger partial charge in [0, 0.05) is 5.92 Å². The van der Waals surface area contributed by atoms with Crippen molar-refractivity contribution in [3.8, 4) is 6.07 Å². The number of nitrogens with two attached hydrogens (primary N) is 1. The fourth-order valence-corrected chi connectivity index (χ4v) is 2.64. The van der Waals surface area contributed by atoms with Crippen LogP contribution in [0.5, 0.6) is 0 Å². The number of benzene rings is 1. The number of carbonyl (C=O) groups is 2. The Bertz CT molecular complexity index is 791. The first kappa shape index (κ1) is 17.0. The minimum atomic E-state index is -1.37. The summed E-state index contributed by atoms with van der Waals surface area (Å²) < 4.78 is 5.26. The maximum Gasteiger partial charge on any atom is 0.335 e. The van der Waals surface area contributed by atoms with Crippen molar-refractivity contribution in [2.45, 2.75) is 12.8 Å². The summed E-state index contributed by atoms with van der Waals surface area (Å²) in [5, 5.41) is 28.1. The average molecular weight is 329 g/mol. The molecule has 2 unspecified atom stereocenters. The summed E-state index contributed by atoms with van der Waals surface area (Å²) in [6.07, 6.45) is 0. The third-order valence-corrected chi connectivity index (χ3v) is 3.58. The summed E-state index contributed by atoms with van der Waals surface area (Å²) in [4.78, 5) is 27.2. The lowest BCUT2D eigenvalue weighted by Gasteiger charge is -2.29. The number of ether oxygens (including phenoxy) is 1. The molecule has 0 amide bonds. The van der Waals surface area contributed by atoms with Gasteiger partial charge in [0.15, 0.2) is 0 Å². The van der Waals surface area contributed by atoms with Crippen molar-refractivity contribution in [2.75, 3.05) is 6.61 Å². The normalized spacial score (nSPS) is 20.1. The van der Waals surface area contributed by atoms with Crippen molar-refractivity contribution in [3.05, 3.63) is 46.8 Å². The Morgan fingerprint density at radius 1 is 1.42 bits per heavy atom. The number of nitriles is 1. The molecule has 124 valence electrons. The molecular formula is C16H15N3O5. The molecule has 0 aliphatic carbocycles. The van der Waals surface area contributed by atoms with Gasteiger partial charge in [-0.3, -0.25) is 4.79 Å². The first-order valence-corrected chi connectivity index (χ1v) is 7.07. The molecule has 0 fully saturated rings. The largest absolute Gasteiger partial charge is 0.481 e. The third-order valence-electron chi connectivity index (χ3n) is 3.58. The summed E-state index contributed by atoms with van der Waals surface area (Å²) in [5.74, 6) is -5.59. The minimum absolute atomic E-state index is 0.153. The Labute approximate surface area is 137 Å². The molecule has 1 aliphatic rings. The van der Waals surface area contributed by atoms with E-state index in [4.69, 9.17) is 15.7 Å². The van der Waals surface area contributed by atoms with Gasteiger partial charge in [-0.2, -0.15) is 10.3 Å². The minimum Gasteiger partial charge on any atom is -0.481 e. The molecule has 0 saturated heterocycles. The molecule has 2 atom stereocenters. The van der Waals surface area contributed by atoms with Crippen LogP contribution in [-0.2, 0) is 14.3 Å². The van der Waals surface area contributed by atoms with Crippen molar-refractivity contribution in [3.63, 3.8) is 0 Å². The van der Waals surface area contributed by atoms with Gasteiger partial charge in [-0.1, -0.05) is 12.1 Å². The Morgan fingerprint density at radius 3 is 2.67 bits per heavy atom. The summed E-state index contributed by atoms with van der Waals surface area (Å²) in [7, 11) is 0. The fraction of sp³-hybridized carbons (Fsp3) is 0.250. The molecule has 8 nitrogen and oxygen atoms in total. The van der Waals surface area contributed by atoms with Crippen molar-refractivity contribution < 1.29 is 24.5 Å². The summed E-state index contributed by atoms with van der Waals surface area (Å²) in [6.45, 7) is 1.81. The van der Waals surface area contributed by atoms with Crippen LogP contribution in [0.25, 0.3) is 0 Å². The smallest absolute Gasteiger partial charge is 0.335 e. The van der Waals surface area contributed by atoms with Crippen LogP contribution < -0.4 is 5.73 Å². The fourth-order valence-electron chi connectivity index (χ4n) is 2.64. The monoisotopic (exact) mass is 329 g/mol. The van der Waals surface area contributed by atoms with E-state index in [1.165, 1.54) is 12.1 Å². The molecule has 0 saturated carbocycles. The molecule has 0 aromatic heterocycles. The van der Waals surface area contributed by atoms with Crippen LogP contribution in [-0.4, -0.2) is 34.7 Å². The van der Waals surface area contributed by atoms with E-state index >= 15 is 0 Å². The molecule has 0 bridgehead atoms. The maximum absolute atomic E-state index is 11.8. The van der Waals surface area contributed by atoms with Crippen molar-refractivity contribution in [1.82, 2.24) is 0 Å². The van der Waals surface area contributed by atoms with Gasteiger partial charge in [0.05, 0.1) is 23.8 Å². The van der Waals surface area contributed by atoms with Gasteiger partial charge in [0.25, 0.3) is 0 Å². The molecule has 1 aliphatic heterocycles. The molecule has 1 heterocycles. The first-order valence-electron chi connectivity index (χ1n) is 7.07. The highest BCUT2D eigenvalue weighted by Crippen LogP contribution is 2.38. The van der Waals surface area contributed by atoms with E-state index in [-0.39, 0.29) is 29.5 Å². The Hall–Kier alpha value is -3.34. The molecule has 1 aromatic rings. The van der Waals surface area contributed by atoms with Crippen LogP contribution in [0.3, 0.4) is 0 Å². The zero-order valence-corrected chi connectivity index (χ0v) is 12.8. The van der Waals surface area contributed by atoms with E-state index in [1.807, 2.05) is 6.07 Å². The number of hydrogen-bond acceptors (Lipinski definition) is 6. The molecular weight excluding hydrogens is 314 g/mol. The zero-order valence-electron chi connectivity index (χ0n) is 12.8. The highest BCUT2D eigenvalue weighted by atomic mass is 16.5. The van der Waals surface area contributed by atoms with Gasteiger partial charge in [0.2, 0.25) is 5.90 Å². The topological polar surface area (TPSA) is 146 Å². The van der Waals surface area contributed by atoms with Crippen molar-refractivity contribution >= 4 is 17.8 Å². The molecule has 0 radical (unpaired) electrons. The van der Waals surface area contributed by atoms with E-state index in [0.717, 1.165) is 0 Å². The van der Waals surface area contributed by atoms with E-state index < -0.39 is 23.8 Å². The molecule has 24 heavy (non-hydrogen) atoms. The van der Waals surface area contributed by atoms with Crippen LogP contribution in [0.4, 0.5) is 0 Å². The standard InChI is InChI=1S/C16H15N3O5/c1-2-24-14-12(16(22)23)10(11(15(20)21)13(18)19-14)9-5-3-4-8(6-9)7-17/h3-6,10,12H,2,18H2,1H3,(H,20,21)(H,22,23). The van der Waals surface area contributed by atoms with Crippen LogP contribution in [0, 0.1) is 17.2 Å². The van der Waals surface area contributed by atoms with Crippen molar-refractivity contribution in [1.29, 1.82) is 5.26 Å². The summed E-state index contributed by atoms with van der Waals surface area (Å²) in [5.41, 5.74) is 6.02. The molecule has 0 spiro atoms. The summed E-state index contributed by atoms with van der Waals surface area (Å²) in [6, 6.07) is 8.01. The summed E-state index contributed by atoms with van der Waals surface area (Å²) >= 11 is 0. The molecule has 4 N–H and O–H groups in total. The third kappa shape index (κ3) is 3.05. The number of hydrogen-bond donors (Lipinski definition) is 3. The Morgan fingerprint density at radius 2 is 2.12 bits per heavy atom. The van der Waals surface area contributed by atoms with Gasteiger partial charge < -0.3 is 20.7 Å². The Balaban J connectivity index is 2.70. The van der Waals surface area contributed by atoms with Gasteiger partial charge >= 0.3 is 11.9 Å². The maximum atomic E-state index is 11.8. The van der Waals surface area contributed by atoms with E-state index in [2.05, 4.69) is 4.99 Å². The van der Waals surface area contributed by atoms with Gasteiger partial charge in [-0.05, 0) is 24.6 Å². The quantitative estimate of drug-likeness (QED) is 0.748. The van der Waals surface area contributed by atoms with Crippen LogP contribution in [0.2, 0.25) is 0 Å². The zero-order chi connectivity index (χ0) is 17.9. The van der Waals surface area contributed by atoms with E-state index in [1.54, 1.807) is 19.1 Å². The first-order chi connectivity index (χ1) is 11.4.